The standard InChI is InChI=1S/C27H36O5/c1-2-3-10-22(19-24(29)21-31-20-23-11-5-4-6-12-23)13-9-15-26(30)25-14-7-8-16-27(25)32-18-17-28/h4-9,11-12,14,16,24,26,28-30H,2-3,10,15,17-21H2,1H3/t13?,24-,26-/m1/s1. The van der Waals surface area contributed by atoms with Crippen LogP contribution in [0, 0.1) is 0 Å². The molecule has 0 radical (unpaired) electrons. The van der Waals surface area contributed by atoms with Crippen LogP contribution in [0.4, 0.5) is 0 Å². The molecule has 2 aromatic carbocycles. The number of para-hydroxylation sites is 1. The Balaban J connectivity index is 1.93. The van der Waals surface area contributed by atoms with Crippen LogP contribution in [-0.4, -0.2) is 41.2 Å². The number of aliphatic hydroxyl groups excluding tert-OH is 3. The number of benzene rings is 2. The summed E-state index contributed by atoms with van der Waals surface area (Å²) in [6.07, 6.45) is 4.32. The van der Waals surface area contributed by atoms with Gasteiger partial charge in [-0.2, -0.15) is 0 Å². The summed E-state index contributed by atoms with van der Waals surface area (Å²) < 4.78 is 11.2. The highest BCUT2D eigenvalue weighted by Gasteiger charge is 2.12. The molecule has 0 aliphatic heterocycles. The van der Waals surface area contributed by atoms with Crippen LogP contribution in [0.15, 0.2) is 72.0 Å². The number of hydrogen-bond donors (Lipinski definition) is 3. The SMILES string of the molecule is CCCCC(=C=CC[C@@H](O)c1ccccc1OCCO)C[C@@H](O)COCc1ccccc1. The van der Waals surface area contributed by atoms with Crippen molar-refractivity contribution in [1.29, 1.82) is 0 Å². The zero-order chi connectivity index (χ0) is 23.0. The van der Waals surface area contributed by atoms with Crippen LogP contribution in [0.1, 0.15) is 56.3 Å². The van der Waals surface area contributed by atoms with E-state index in [0.717, 1.165) is 30.4 Å². The van der Waals surface area contributed by atoms with Crippen LogP contribution in [0.25, 0.3) is 0 Å². The maximum absolute atomic E-state index is 10.6. The smallest absolute Gasteiger partial charge is 0.125 e. The summed E-state index contributed by atoms with van der Waals surface area (Å²) in [5.74, 6) is 0.573. The third-order valence-electron chi connectivity index (χ3n) is 5.01. The van der Waals surface area contributed by atoms with Gasteiger partial charge in [-0.05, 0) is 36.1 Å². The van der Waals surface area contributed by atoms with Crippen molar-refractivity contribution in [3.8, 4) is 5.75 Å². The molecule has 0 fully saturated rings. The van der Waals surface area contributed by atoms with Gasteiger partial charge in [0, 0.05) is 18.4 Å². The fourth-order valence-electron chi connectivity index (χ4n) is 3.34. The van der Waals surface area contributed by atoms with E-state index in [1.165, 1.54) is 0 Å². The molecular formula is C27H36O5. The first-order valence-corrected chi connectivity index (χ1v) is 11.4. The first-order chi connectivity index (χ1) is 15.6. The lowest BCUT2D eigenvalue weighted by Gasteiger charge is -2.14. The van der Waals surface area contributed by atoms with E-state index in [0.29, 0.717) is 30.8 Å². The second kappa shape index (κ2) is 15.4. The van der Waals surface area contributed by atoms with Gasteiger partial charge in [-0.15, -0.1) is 5.73 Å². The van der Waals surface area contributed by atoms with E-state index in [1.807, 2.05) is 54.6 Å². The van der Waals surface area contributed by atoms with E-state index in [9.17, 15) is 10.2 Å². The van der Waals surface area contributed by atoms with Crippen LogP contribution >= 0.6 is 0 Å². The molecule has 0 aliphatic carbocycles. The first-order valence-electron chi connectivity index (χ1n) is 11.4. The molecular weight excluding hydrogens is 404 g/mol. The van der Waals surface area contributed by atoms with Gasteiger partial charge < -0.3 is 24.8 Å². The molecule has 0 unspecified atom stereocenters. The molecule has 0 aliphatic rings. The van der Waals surface area contributed by atoms with Gasteiger partial charge in [0.1, 0.15) is 12.4 Å². The van der Waals surface area contributed by atoms with E-state index in [4.69, 9.17) is 14.6 Å². The van der Waals surface area contributed by atoms with Crippen molar-refractivity contribution < 1.29 is 24.8 Å². The molecule has 5 heteroatoms. The highest BCUT2D eigenvalue weighted by Crippen LogP contribution is 2.27. The fraction of sp³-hybridized carbons (Fsp3) is 0.444. The molecule has 0 bridgehead atoms. The minimum absolute atomic E-state index is 0.0781. The molecule has 0 saturated heterocycles. The lowest BCUT2D eigenvalue weighted by molar-refractivity contribution is 0.0285. The number of hydrogen-bond acceptors (Lipinski definition) is 5. The quantitative estimate of drug-likeness (QED) is 0.349. The number of aliphatic hydroxyl groups is 3. The van der Waals surface area contributed by atoms with Crippen LogP contribution in [0.2, 0.25) is 0 Å². The van der Waals surface area contributed by atoms with Crippen molar-refractivity contribution in [3.05, 3.63) is 83.1 Å². The summed E-state index contributed by atoms with van der Waals surface area (Å²) in [6, 6.07) is 17.2. The Bertz CT molecular complexity index is 827. The highest BCUT2D eigenvalue weighted by molar-refractivity contribution is 5.35. The van der Waals surface area contributed by atoms with Gasteiger partial charge in [-0.3, -0.25) is 0 Å². The monoisotopic (exact) mass is 440 g/mol. The Morgan fingerprint density at radius 2 is 1.81 bits per heavy atom. The Kier molecular flexibility index (Phi) is 12.5. The summed E-state index contributed by atoms with van der Waals surface area (Å²) in [4.78, 5) is 0. The molecule has 0 spiro atoms. The normalized spacial score (nSPS) is 12.6. The molecule has 3 N–H and O–H groups in total. The Hall–Kier alpha value is -2.40. The summed E-state index contributed by atoms with van der Waals surface area (Å²) in [7, 11) is 0. The molecule has 0 aromatic heterocycles. The summed E-state index contributed by atoms with van der Waals surface area (Å²) in [5, 5.41) is 30.0. The summed E-state index contributed by atoms with van der Waals surface area (Å²) in [6.45, 7) is 2.99. The number of unbranched alkanes of at least 4 members (excludes halogenated alkanes) is 1. The summed E-state index contributed by atoms with van der Waals surface area (Å²) in [5.41, 5.74) is 6.09. The molecule has 5 nitrogen and oxygen atoms in total. The van der Waals surface area contributed by atoms with Gasteiger partial charge in [-0.1, -0.05) is 61.9 Å². The molecule has 0 saturated carbocycles. The van der Waals surface area contributed by atoms with Gasteiger partial charge in [0.25, 0.3) is 0 Å². The lowest BCUT2D eigenvalue weighted by atomic mass is 10.0. The minimum Gasteiger partial charge on any atom is -0.491 e. The van der Waals surface area contributed by atoms with Gasteiger partial charge in [0.15, 0.2) is 0 Å². The third kappa shape index (κ3) is 9.82. The number of ether oxygens (including phenoxy) is 2. The van der Waals surface area contributed by atoms with Gasteiger partial charge >= 0.3 is 0 Å². The van der Waals surface area contributed by atoms with Crippen molar-refractivity contribution in [2.24, 2.45) is 0 Å². The summed E-state index contributed by atoms with van der Waals surface area (Å²) >= 11 is 0. The van der Waals surface area contributed by atoms with E-state index >= 15 is 0 Å². The zero-order valence-corrected chi connectivity index (χ0v) is 19.0. The van der Waals surface area contributed by atoms with Crippen LogP contribution < -0.4 is 4.74 Å². The maximum atomic E-state index is 10.6. The highest BCUT2D eigenvalue weighted by atomic mass is 16.5. The number of rotatable bonds is 15. The molecule has 2 atom stereocenters. The molecule has 0 heterocycles. The molecule has 0 amide bonds. The predicted molar refractivity (Wildman–Crippen MR) is 126 cm³/mol. The van der Waals surface area contributed by atoms with Crippen LogP contribution in [0.3, 0.4) is 0 Å². The predicted octanol–water partition coefficient (Wildman–Crippen LogP) is 4.72. The van der Waals surface area contributed by atoms with Crippen molar-refractivity contribution in [2.75, 3.05) is 19.8 Å². The second-order valence-corrected chi connectivity index (χ2v) is 7.78. The van der Waals surface area contributed by atoms with E-state index in [-0.39, 0.29) is 19.8 Å². The molecule has 32 heavy (non-hydrogen) atoms. The zero-order valence-electron chi connectivity index (χ0n) is 19.0. The van der Waals surface area contributed by atoms with Crippen molar-refractivity contribution >= 4 is 0 Å². The van der Waals surface area contributed by atoms with E-state index < -0.39 is 12.2 Å². The molecule has 2 rings (SSSR count). The Morgan fingerprint density at radius 1 is 1.06 bits per heavy atom. The maximum Gasteiger partial charge on any atom is 0.125 e. The van der Waals surface area contributed by atoms with Crippen LogP contribution in [0.5, 0.6) is 5.75 Å². The second-order valence-electron chi connectivity index (χ2n) is 7.78. The lowest BCUT2D eigenvalue weighted by Crippen LogP contribution is -2.16. The van der Waals surface area contributed by atoms with E-state index in [1.54, 1.807) is 6.07 Å². The third-order valence-corrected chi connectivity index (χ3v) is 5.01. The van der Waals surface area contributed by atoms with Crippen LogP contribution in [-0.2, 0) is 11.3 Å². The van der Waals surface area contributed by atoms with Gasteiger partial charge in [0.05, 0.1) is 32.0 Å². The average molecular weight is 441 g/mol. The van der Waals surface area contributed by atoms with Gasteiger partial charge in [0.2, 0.25) is 0 Å². The first kappa shape index (κ1) is 25.9. The Morgan fingerprint density at radius 3 is 2.56 bits per heavy atom. The van der Waals surface area contributed by atoms with Crippen molar-refractivity contribution in [3.63, 3.8) is 0 Å². The molecule has 2 aromatic rings. The Labute approximate surface area is 191 Å². The average Bonchev–Trinajstić information content (AvgIpc) is 2.81. The molecule has 174 valence electrons. The van der Waals surface area contributed by atoms with Gasteiger partial charge in [-0.25, -0.2) is 0 Å². The van der Waals surface area contributed by atoms with E-state index in [2.05, 4.69) is 12.7 Å². The van der Waals surface area contributed by atoms with Crippen molar-refractivity contribution in [2.45, 2.75) is 57.8 Å². The topological polar surface area (TPSA) is 79.2 Å². The van der Waals surface area contributed by atoms with Crippen molar-refractivity contribution in [1.82, 2.24) is 0 Å². The minimum atomic E-state index is -0.732. The largest absolute Gasteiger partial charge is 0.491 e. The fourth-order valence-corrected chi connectivity index (χ4v) is 3.34.